The summed E-state index contributed by atoms with van der Waals surface area (Å²) in [5, 5.41) is 4.25. The van der Waals surface area contributed by atoms with Gasteiger partial charge in [0.05, 0.1) is 0 Å². The van der Waals surface area contributed by atoms with E-state index in [-0.39, 0.29) is 10.1 Å². The van der Waals surface area contributed by atoms with Crippen LogP contribution in [0.1, 0.15) is 16.4 Å². The van der Waals surface area contributed by atoms with Gasteiger partial charge in [-0.1, -0.05) is 54.1 Å². The van der Waals surface area contributed by atoms with Crippen molar-refractivity contribution < 1.29 is 13.2 Å². The van der Waals surface area contributed by atoms with E-state index in [4.69, 9.17) is 0 Å². The Hall–Kier alpha value is -3.07. The fourth-order valence-electron chi connectivity index (χ4n) is 3.10. The van der Waals surface area contributed by atoms with Crippen LogP contribution in [0.5, 0.6) is 0 Å². The Morgan fingerprint density at radius 1 is 0.848 bits per heavy atom. The van der Waals surface area contributed by atoms with Gasteiger partial charge in [-0.2, -0.15) is 0 Å². The number of hydrogen-bond donors (Lipinski definition) is 2. The lowest BCUT2D eigenvalue weighted by atomic mass is 10.1. The highest BCUT2D eigenvalue weighted by Gasteiger charge is 2.22. The first-order chi connectivity index (χ1) is 15.9. The van der Waals surface area contributed by atoms with Crippen molar-refractivity contribution in [3.05, 3.63) is 108 Å². The van der Waals surface area contributed by atoms with Gasteiger partial charge in [-0.15, -0.1) is 23.1 Å². The van der Waals surface area contributed by atoms with Crippen LogP contribution in [0.25, 0.3) is 0 Å². The fourth-order valence-corrected chi connectivity index (χ4v) is 6.18. The van der Waals surface area contributed by atoms with Crippen molar-refractivity contribution in [2.24, 2.45) is 0 Å². The number of hydrogen-bond acceptors (Lipinski definition) is 5. The molecule has 0 bridgehead atoms. The molecule has 1 heterocycles. The van der Waals surface area contributed by atoms with E-state index in [1.807, 2.05) is 73.7 Å². The number of sulfonamides is 1. The summed E-state index contributed by atoms with van der Waals surface area (Å²) in [6.07, 6.45) is 0. The van der Waals surface area contributed by atoms with Crippen LogP contribution in [0.2, 0.25) is 0 Å². The number of thiophene rings is 1. The molecule has 3 aromatic carbocycles. The number of nitrogens with one attached hydrogen (secondary N) is 2. The van der Waals surface area contributed by atoms with E-state index in [0.717, 1.165) is 33.0 Å². The van der Waals surface area contributed by atoms with Gasteiger partial charge in [0.15, 0.2) is 0 Å². The van der Waals surface area contributed by atoms with Gasteiger partial charge in [-0.05, 0) is 60.3 Å². The van der Waals surface area contributed by atoms with Crippen molar-refractivity contribution in [2.75, 3.05) is 10.0 Å². The average Bonchev–Trinajstić information content (AvgIpc) is 3.37. The quantitative estimate of drug-likeness (QED) is 0.281. The van der Waals surface area contributed by atoms with Crippen molar-refractivity contribution in [3.63, 3.8) is 0 Å². The fraction of sp³-hybridized carbons (Fsp3) is 0.0800. The van der Waals surface area contributed by atoms with Gasteiger partial charge in [0.1, 0.15) is 9.46 Å². The Labute approximate surface area is 201 Å². The summed E-state index contributed by atoms with van der Waals surface area (Å²) in [5.41, 5.74) is 3.21. The van der Waals surface area contributed by atoms with Crippen LogP contribution in [-0.4, -0.2) is 14.3 Å². The van der Waals surface area contributed by atoms with Gasteiger partial charge >= 0.3 is 0 Å². The predicted molar refractivity (Wildman–Crippen MR) is 136 cm³/mol. The average molecular weight is 495 g/mol. The Balaban J connectivity index is 1.51. The molecule has 4 rings (SSSR count). The second-order valence-corrected chi connectivity index (χ2v) is 11.4. The maximum atomic E-state index is 13.2. The molecule has 1 amide bonds. The maximum absolute atomic E-state index is 13.2. The van der Waals surface area contributed by atoms with Crippen LogP contribution < -0.4 is 10.0 Å². The normalized spacial score (nSPS) is 12.2. The monoisotopic (exact) mass is 494 g/mol. The van der Waals surface area contributed by atoms with Gasteiger partial charge < -0.3 is 5.32 Å². The van der Waals surface area contributed by atoms with Crippen molar-refractivity contribution >= 4 is 50.4 Å². The molecule has 1 atom stereocenters. The van der Waals surface area contributed by atoms with Crippen LogP contribution in [0.4, 0.5) is 11.4 Å². The summed E-state index contributed by atoms with van der Waals surface area (Å²) < 4.78 is 27.7. The van der Waals surface area contributed by atoms with Gasteiger partial charge in [-0.25, -0.2) is 8.42 Å². The highest BCUT2D eigenvalue weighted by Crippen LogP contribution is 2.37. The lowest BCUT2D eigenvalue weighted by molar-refractivity contribution is -0.115. The molecule has 1 unspecified atom stereocenters. The summed E-state index contributed by atoms with van der Waals surface area (Å²) in [4.78, 5) is 14.0. The van der Waals surface area contributed by atoms with Crippen molar-refractivity contribution in [2.45, 2.75) is 21.3 Å². The molecule has 0 radical (unpaired) electrons. The molecule has 4 aromatic rings. The van der Waals surface area contributed by atoms with E-state index in [1.54, 1.807) is 29.6 Å². The van der Waals surface area contributed by atoms with Crippen molar-refractivity contribution in [1.82, 2.24) is 0 Å². The van der Waals surface area contributed by atoms with E-state index >= 15 is 0 Å². The standard InChI is InChI=1S/C25H22N2O3S3/c1-18-9-11-20(12-10-18)26-25(28)24(19-6-3-2-4-7-19)32-22-15-13-21(14-16-22)27-33(29,30)23-8-5-17-31-23/h2-17,24,27H,1H3,(H,26,28). The molecule has 0 saturated carbocycles. The van der Waals surface area contributed by atoms with Crippen LogP contribution in [0.15, 0.2) is 105 Å². The minimum absolute atomic E-state index is 0.127. The third-order valence-electron chi connectivity index (χ3n) is 4.78. The molecule has 0 spiro atoms. The molecular weight excluding hydrogens is 472 g/mol. The molecule has 0 aliphatic rings. The maximum Gasteiger partial charge on any atom is 0.271 e. The largest absolute Gasteiger partial charge is 0.325 e. The van der Waals surface area contributed by atoms with Crippen LogP contribution in [0.3, 0.4) is 0 Å². The SMILES string of the molecule is Cc1ccc(NC(=O)C(Sc2ccc(NS(=O)(=O)c3cccs3)cc2)c2ccccc2)cc1. The number of aryl methyl sites for hydroxylation is 1. The second-order valence-electron chi connectivity index (χ2n) is 7.33. The predicted octanol–water partition coefficient (Wildman–Crippen LogP) is 6.33. The Morgan fingerprint density at radius 3 is 2.15 bits per heavy atom. The van der Waals surface area contributed by atoms with E-state index in [9.17, 15) is 13.2 Å². The summed E-state index contributed by atoms with van der Waals surface area (Å²) in [7, 11) is -3.60. The number of rotatable bonds is 8. The molecule has 2 N–H and O–H groups in total. The number of thioether (sulfide) groups is 1. The van der Waals surface area contributed by atoms with E-state index in [0.29, 0.717) is 5.69 Å². The minimum atomic E-state index is -3.60. The van der Waals surface area contributed by atoms with Crippen molar-refractivity contribution in [3.8, 4) is 0 Å². The van der Waals surface area contributed by atoms with E-state index < -0.39 is 15.3 Å². The molecular formula is C25H22N2O3S3. The third-order valence-corrected chi connectivity index (χ3v) is 8.82. The molecule has 33 heavy (non-hydrogen) atoms. The van der Waals surface area contributed by atoms with Crippen LogP contribution in [0, 0.1) is 6.92 Å². The molecule has 0 aliphatic carbocycles. The van der Waals surface area contributed by atoms with Gasteiger partial charge in [0.25, 0.3) is 10.0 Å². The lowest BCUT2D eigenvalue weighted by Gasteiger charge is -2.17. The molecule has 1 aromatic heterocycles. The number of amides is 1. The van der Waals surface area contributed by atoms with Gasteiger partial charge in [0, 0.05) is 16.3 Å². The summed E-state index contributed by atoms with van der Waals surface area (Å²) in [6, 6.07) is 27.5. The summed E-state index contributed by atoms with van der Waals surface area (Å²) in [6.45, 7) is 2.00. The smallest absolute Gasteiger partial charge is 0.271 e. The summed E-state index contributed by atoms with van der Waals surface area (Å²) >= 11 is 2.57. The Bertz CT molecular complexity index is 1300. The number of carbonyl (C=O) groups is 1. The topological polar surface area (TPSA) is 75.3 Å². The van der Waals surface area contributed by atoms with Gasteiger partial charge in [0.2, 0.25) is 5.91 Å². The Morgan fingerprint density at radius 2 is 1.52 bits per heavy atom. The molecule has 8 heteroatoms. The second kappa shape index (κ2) is 10.2. The van der Waals surface area contributed by atoms with Crippen molar-refractivity contribution in [1.29, 1.82) is 0 Å². The first-order valence-corrected chi connectivity index (χ1v) is 13.4. The zero-order valence-corrected chi connectivity index (χ0v) is 20.2. The zero-order chi connectivity index (χ0) is 23.3. The van der Waals surface area contributed by atoms with Gasteiger partial charge in [-0.3, -0.25) is 9.52 Å². The lowest BCUT2D eigenvalue weighted by Crippen LogP contribution is -2.19. The van der Waals surface area contributed by atoms with E-state index in [1.165, 1.54) is 11.8 Å². The first kappa shape index (κ1) is 23.1. The zero-order valence-electron chi connectivity index (χ0n) is 17.8. The first-order valence-electron chi connectivity index (χ1n) is 10.2. The number of benzene rings is 3. The minimum Gasteiger partial charge on any atom is -0.325 e. The van der Waals surface area contributed by atoms with Crippen LogP contribution in [-0.2, 0) is 14.8 Å². The highest BCUT2D eigenvalue weighted by molar-refractivity contribution is 8.00. The molecule has 0 fully saturated rings. The third kappa shape index (κ3) is 6.04. The van der Waals surface area contributed by atoms with E-state index in [2.05, 4.69) is 10.0 Å². The highest BCUT2D eigenvalue weighted by atomic mass is 32.2. The molecule has 0 aliphatic heterocycles. The summed E-state index contributed by atoms with van der Waals surface area (Å²) in [5.74, 6) is -0.127. The molecule has 5 nitrogen and oxygen atoms in total. The molecule has 168 valence electrons. The molecule has 0 saturated heterocycles. The number of carbonyl (C=O) groups excluding carboxylic acids is 1. The number of anilines is 2. The Kier molecular flexibility index (Phi) is 7.17. The van der Waals surface area contributed by atoms with Crippen LogP contribution >= 0.6 is 23.1 Å².